The lowest BCUT2D eigenvalue weighted by Gasteiger charge is -2.20. The van der Waals surface area contributed by atoms with E-state index in [0.29, 0.717) is 0 Å². The Bertz CT molecular complexity index is 190. The van der Waals surface area contributed by atoms with Gasteiger partial charge in [0.2, 0.25) is 0 Å². The van der Waals surface area contributed by atoms with E-state index in [-0.39, 0.29) is 0 Å². The van der Waals surface area contributed by atoms with Gasteiger partial charge in [-0.25, -0.2) is 0 Å². The van der Waals surface area contributed by atoms with E-state index in [4.69, 9.17) is 0 Å². The van der Waals surface area contributed by atoms with E-state index in [2.05, 4.69) is 25.7 Å². The van der Waals surface area contributed by atoms with Crippen molar-refractivity contribution in [3.8, 4) is 0 Å². The molecule has 0 aromatic heterocycles. The summed E-state index contributed by atoms with van der Waals surface area (Å²) >= 11 is 0. The summed E-state index contributed by atoms with van der Waals surface area (Å²) in [6.07, 6.45) is 21.5. The summed E-state index contributed by atoms with van der Waals surface area (Å²) in [5, 5.41) is 0. The van der Waals surface area contributed by atoms with Crippen LogP contribution in [0.4, 0.5) is 0 Å². The van der Waals surface area contributed by atoms with Gasteiger partial charge >= 0.3 is 0 Å². The Labute approximate surface area is 142 Å². The van der Waals surface area contributed by atoms with E-state index in [1.807, 2.05) is 0 Å². The zero-order valence-electron chi connectivity index (χ0n) is 16.2. The maximum atomic E-state index is 2.67. The molecule has 0 aromatic rings. The molecule has 0 fully saturated rings. The van der Waals surface area contributed by atoms with E-state index < -0.39 is 0 Å². The quantitative estimate of drug-likeness (QED) is 0.242. The molecule has 0 N–H and O–H groups in total. The van der Waals surface area contributed by atoms with Crippen LogP contribution < -0.4 is 0 Å². The summed E-state index contributed by atoms with van der Waals surface area (Å²) < 4.78 is 0. The molecular weight excluding hydrogens is 266 g/mol. The largest absolute Gasteiger partial charge is 0.304 e. The van der Waals surface area contributed by atoms with Gasteiger partial charge < -0.3 is 4.90 Å². The van der Waals surface area contributed by atoms with Crippen LogP contribution in [0.1, 0.15) is 117 Å². The van der Waals surface area contributed by atoms with Gasteiger partial charge in [0.1, 0.15) is 0 Å². The molecule has 0 heterocycles. The molecule has 0 aliphatic carbocycles. The minimum Gasteiger partial charge on any atom is -0.304 e. The second-order valence-electron chi connectivity index (χ2n) is 7.03. The smallest absolute Gasteiger partial charge is 0.00189 e. The molecule has 0 radical (unpaired) electrons. The summed E-state index contributed by atoms with van der Waals surface area (Å²) in [5.74, 6) is 0. The second-order valence-corrected chi connectivity index (χ2v) is 7.03. The zero-order valence-corrected chi connectivity index (χ0v) is 16.2. The summed E-state index contributed by atoms with van der Waals surface area (Å²) in [6.45, 7) is 10.8. The fraction of sp³-hybridized carbons (Fsp3) is 1.00. The lowest BCUT2D eigenvalue weighted by Crippen LogP contribution is -2.25. The fourth-order valence-corrected chi connectivity index (χ4v) is 3.19. The molecular formula is C21H45N. The van der Waals surface area contributed by atoms with Crippen molar-refractivity contribution < 1.29 is 0 Å². The van der Waals surface area contributed by atoms with Gasteiger partial charge in [-0.05, 0) is 32.5 Å². The van der Waals surface area contributed by atoms with Crippen molar-refractivity contribution >= 4 is 0 Å². The minimum absolute atomic E-state index is 1.24. The molecule has 0 unspecified atom stereocenters. The van der Waals surface area contributed by atoms with Crippen LogP contribution in [0.15, 0.2) is 0 Å². The molecule has 0 aliphatic rings. The number of unbranched alkanes of at least 4 members (excludes halogenated alkanes) is 13. The van der Waals surface area contributed by atoms with Gasteiger partial charge in [-0.1, -0.05) is 104 Å². The molecule has 1 heteroatoms. The Kier molecular flexibility index (Phi) is 19.0. The van der Waals surface area contributed by atoms with Crippen LogP contribution in [0.3, 0.4) is 0 Å². The maximum absolute atomic E-state index is 2.67. The highest BCUT2D eigenvalue weighted by Crippen LogP contribution is 2.10. The van der Waals surface area contributed by atoms with Gasteiger partial charge in [0.15, 0.2) is 0 Å². The number of hydrogen-bond acceptors (Lipinski definition) is 1. The summed E-state index contributed by atoms with van der Waals surface area (Å²) in [7, 11) is 0. The molecule has 1 nitrogen and oxygen atoms in total. The van der Waals surface area contributed by atoms with Crippen LogP contribution in [-0.2, 0) is 0 Å². The average Bonchev–Trinajstić information content (AvgIpc) is 2.54. The Morgan fingerprint density at radius 2 is 0.727 bits per heavy atom. The van der Waals surface area contributed by atoms with Crippen molar-refractivity contribution in [3.05, 3.63) is 0 Å². The highest BCUT2D eigenvalue weighted by Gasteiger charge is 2.01. The van der Waals surface area contributed by atoms with Gasteiger partial charge in [0.05, 0.1) is 0 Å². The lowest BCUT2D eigenvalue weighted by molar-refractivity contribution is 0.273. The molecule has 0 amide bonds. The number of nitrogens with zero attached hydrogens (tertiary/aromatic N) is 1. The molecule has 0 atom stereocenters. The minimum atomic E-state index is 1.24. The molecule has 0 aromatic carbocycles. The Balaban J connectivity index is 3.29. The van der Waals surface area contributed by atoms with Gasteiger partial charge in [-0.15, -0.1) is 0 Å². The Morgan fingerprint density at radius 3 is 1.05 bits per heavy atom. The monoisotopic (exact) mass is 311 g/mol. The first-order chi connectivity index (χ1) is 10.8. The van der Waals surface area contributed by atoms with Crippen LogP contribution >= 0.6 is 0 Å². The highest BCUT2D eigenvalue weighted by atomic mass is 15.1. The van der Waals surface area contributed by atoms with Crippen LogP contribution in [-0.4, -0.2) is 24.5 Å². The summed E-state index contributed by atoms with van der Waals surface area (Å²) in [4.78, 5) is 2.67. The van der Waals surface area contributed by atoms with Crippen LogP contribution in [0.2, 0.25) is 0 Å². The summed E-state index contributed by atoms with van der Waals surface area (Å²) in [5.41, 5.74) is 0. The summed E-state index contributed by atoms with van der Waals surface area (Å²) in [6, 6.07) is 0. The first-order valence-electron chi connectivity index (χ1n) is 10.6. The molecule has 0 saturated carbocycles. The topological polar surface area (TPSA) is 3.24 Å². The van der Waals surface area contributed by atoms with Gasteiger partial charge in [-0.2, -0.15) is 0 Å². The normalized spacial score (nSPS) is 11.5. The van der Waals surface area contributed by atoms with Gasteiger partial charge in [-0.3, -0.25) is 0 Å². The standard InChI is InChI=1S/C21H45N/c1-4-7-9-11-13-15-17-19-21-22(6-3)20-18-16-14-12-10-8-5-2/h4-21H2,1-3H3. The highest BCUT2D eigenvalue weighted by molar-refractivity contribution is 4.57. The van der Waals surface area contributed by atoms with E-state index in [1.54, 1.807) is 0 Å². The molecule has 22 heavy (non-hydrogen) atoms. The van der Waals surface area contributed by atoms with E-state index in [1.165, 1.54) is 116 Å². The number of rotatable bonds is 18. The number of hydrogen-bond donors (Lipinski definition) is 0. The molecule has 0 spiro atoms. The van der Waals surface area contributed by atoms with E-state index in [9.17, 15) is 0 Å². The van der Waals surface area contributed by atoms with Crippen molar-refractivity contribution in [1.29, 1.82) is 0 Å². The lowest BCUT2D eigenvalue weighted by atomic mass is 10.1. The predicted octanol–water partition coefficient (Wildman–Crippen LogP) is 7.20. The van der Waals surface area contributed by atoms with Crippen molar-refractivity contribution in [2.45, 2.75) is 117 Å². The van der Waals surface area contributed by atoms with Crippen LogP contribution in [0.25, 0.3) is 0 Å². The van der Waals surface area contributed by atoms with E-state index >= 15 is 0 Å². The van der Waals surface area contributed by atoms with Gasteiger partial charge in [0.25, 0.3) is 0 Å². The third-order valence-electron chi connectivity index (χ3n) is 4.85. The first kappa shape index (κ1) is 22.0. The first-order valence-corrected chi connectivity index (χ1v) is 10.6. The SMILES string of the molecule is CCCCCCCCCCN(CC)CCCCCCCCC. The van der Waals surface area contributed by atoms with Crippen molar-refractivity contribution in [1.82, 2.24) is 4.90 Å². The van der Waals surface area contributed by atoms with Crippen molar-refractivity contribution in [3.63, 3.8) is 0 Å². The van der Waals surface area contributed by atoms with Crippen molar-refractivity contribution in [2.24, 2.45) is 0 Å². The zero-order chi connectivity index (χ0) is 16.3. The molecule has 0 rings (SSSR count). The molecule has 0 aliphatic heterocycles. The Morgan fingerprint density at radius 1 is 0.409 bits per heavy atom. The predicted molar refractivity (Wildman–Crippen MR) is 103 cm³/mol. The third kappa shape index (κ3) is 16.3. The van der Waals surface area contributed by atoms with Crippen LogP contribution in [0.5, 0.6) is 0 Å². The molecule has 134 valence electrons. The molecule has 0 bridgehead atoms. The van der Waals surface area contributed by atoms with Crippen LogP contribution in [0, 0.1) is 0 Å². The Hall–Kier alpha value is -0.0400. The van der Waals surface area contributed by atoms with Crippen molar-refractivity contribution in [2.75, 3.05) is 19.6 Å². The third-order valence-corrected chi connectivity index (χ3v) is 4.85. The maximum Gasteiger partial charge on any atom is -0.00189 e. The fourth-order valence-electron chi connectivity index (χ4n) is 3.19. The molecule has 0 saturated heterocycles. The van der Waals surface area contributed by atoms with Gasteiger partial charge in [0, 0.05) is 0 Å². The second kappa shape index (κ2) is 19.0. The average molecular weight is 312 g/mol. The van der Waals surface area contributed by atoms with E-state index in [0.717, 1.165) is 0 Å².